The lowest BCUT2D eigenvalue weighted by atomic mass is 9.96. The maximum Gasteiger partial charge on any atom is 0.338 e. The SMILES string of the molecule is CCCOc1ccc(-c2nn(-c3ccccc3)cc2/C=c2/sc3n(c2=O)[C@H](c2ccc(OC)cc2)C(C(=O)OCC)=C(C)N=3)cc1. The van der Waals surface area contributed by atoms with Gasteiger partial charge in [0.1, 0.15) is 17.2 Å². The summed E-state index contributed by atoms with van der Waals surface area (Å²) in [6.45, 7) is 6.44. The number of nitrogens with zero attached hydrogens (tertiary/aromatic N) is 4. The molecule has 0 amide bonds. The van der Waals surface area contributed by atoms with Gasteiger partial charge in [-0.3, -0.25) is 9.36 Å². The fourth-order valence-electron chi connectivity index (χ4n) is 5.39. The second-order valence-electron chi connectivity index (χ2n) is 10.7. The van der Waals surface area contributed by atoms with E-state index in [4.69, 9.17) is 24.3 Å². The number of ether oxygens (including phenoxy) is 3. The Labute approximate surface area is 270 Å². The van der Waals surface area contributed by atoms with Gasteiger partial charge in [-0.2, -0.15) is 5.10 Å². The van der Waals surface area contributed by atoms with E-state index in [1.807, 2.05) is 95.8 Å². The maximum atomic E-state index is 14.3. The van der Waals surface area contributed by atoms with Crippen LogP contribution in [0.4, 0.5) is 0 Å². The van der Waals surface area contributed by atoms with E-state index in [1.54, 1.807) is 25.5 Å². The fraction of sp³-hybridized carbons (Fsp3) is 0.222. The zero-order chi connectivity index (χ0) is 32.2. The summed E-state index contributed by atoms with van der Waals surface area (Å²) in [6, 6.07) is 24.2. The molecule has 5 aromatic rings. The van der Waals surface area contributed by atoms with Gasteiger partial charge in [0, 0.05) is 17.3 Å². The van der Waals surface area contributed by atoms with Gasteiger partial charge < -0.3 is 14.2 Å². The summed E-state index contributed by atoms with van der Waals surface area (Å²) >= 11 is 1.27. The Kier molecular flexibility index (Phi) is 8.98. The Morgan fingerprint density at radius 1 is 0.978 bits per heavy atom. The number of thiazole rings is 1. The van der Waals surface area contributed by atoms with Gasteiger partial charge in [-0.1, -0.05) is 48.6 Å². The Bertz CT molecular complexity index is 2080. The minimum absolute atomic E-state index is 0.204. The number of rotatable bonds is 10. The quantitative estimate of drug-likeness (QED) is 0.190. The number of carbonyl (C=O) groups excluding carboxylic acids is 1. The van der Waals surface area contributed by atoms with Crippen LogP contribution in [0.25, 0.3) is 23.0 Å². The van der Waals surface area contributed by atoms with Crippen LogP contribution >= 0.6 is 11.3 Å². The highest BCUT2D eigenvalue weighted by molar-refractivity contribution is 7.07. The second-order valence-corrected chi connectivity index (χ2v) is 11.7. The molecule has 1 atom stereocenters. The number of methoxy groups -OCH3 is 1. The van der Waals surface area contributed by atoms with Gasteiger partial charge in [-0.15, -0.1) is 0 Å². The highest BCUT2D eigenvalue weighted by Crippen LogP contribution is 2.32. The molecule has 0 N–H and O–H groups in total. The highest BCUT2D eigenvalue weighted by Gasteiger charge is 2.33. The summed E-state index contributed by atoms with van der Waals surface area (Å²) in [5.74, 6) is 0.952. The van der Waals surface area contributed by atoms with Gasteiger partial charge in [0.05, 0.1) is 47.9 Å². The first-order chi connectivity index (χ1) is 22.4. The fourth-order valence-corrected chi connectivity index (χ4v) is 6.43. The standard InChI is InChI=1S/C36H34N4O5S/c1-5-20-45-29-18-12-24(13-19-29)32-26(22-39(38-32)27-10-8-7-9-11-27)21-30-34(41)40-33(25-14-16-28(43-4)17-15-25)31(35(42)44-6-2)23(3)37-36(40)46-30/h7-19,21-22,33H,5-6,20H2,1-4H3/b30-21+/t33-/m1/s1. The first-order valence-corrected chi connectivity index (χ1v) is 16.0. The Balaban J connectivity index is 1.51. The van der Waals surface area contributed by atoms with E-state index in [0.717, 1.165) is 34.5 Å². The summed E-state index contributed by atoms with van der Waals surface area (Å²) in [5, 5.41) is 4.93. The van der Waals surface area contributed by atoms with E-state index < -0.39 is 12.0 Å². The lowest BCUT2D eigenvalue weighted by Gasteiger charge is -2.24. The van der Waals surface area contributed by atoms with Crippen molar-refractivity contribution in [1.29, 1.82) is 0 Å². The van der Waals surface area contributed by atoms with Crippen LogP contribution in [0.3, 0.4) is 0 Å². The van der Waals surface area contributed by atoms with Gasteiger partial charge in [0.2, 0.25) is 0 Å². The molecule has 234 valence electrons. The number of hydrogen-bond acceptors (Lipinski definition) is 8. The molecule has 0 aliphatic carbocycles. The molecule has 9 nitrogen and oxygen atoms in total. The molecule has 10 heteroatoms. The number of carbonyl (C=O) groups is 1. The molecule has 0 unspecified atom stereocenters. The van der Waals surface area contributed by atoms with Gasteiger partial charge in [0.25, 0.3) is 5.56 Å². The van der Waals surface area contributed by atoms with Crippen LogP contribution in [0.15, 0.2) is 106 Å². The predicted octanol–water partition coefficient (Wildman–Crippen LogP) is 5.45. The molecule has 2 aromatic heterocycles. The molecule has 0 radical (unpaired) electrons. The Morgan fingerprint density at radius 2 is 1.70 bits per heavy atom. The number of allylic oxidation sites excluding steroid dienone is 1. The van der Waals surface area contributed by atoms with Gasteiger partial charge in [-0.05, 0) is 80.4 Å². The predicted molar refractivity (Wildman–Crippen MR) is 178 cm³/mol. The largest absolute Gasteiger partial charge is 0.497 e. The van der Waals surface area contributed by atoms with Crippen LogP contribution in [-0.4, -0.2) is 40.6 Å². The molecular weight excluding hydrogens is 600 g/mol. The first-order valence-electron chi connectivity index (χ1n) is 15.1. The minimum atomic E-state index is -0.717. The van der Waals surface area contributed by atoms with Gasteiger partial charge in [0.15, 0.2) is 4.80 Å². The molecule has 0 bridgehead atoms. The van der Waals surface area contributed by atoms with Crippen molar-refractivity contribution in [2.75, 3.05) is 20.3 Å². The van der Waals surface area contributed by atoms with Crippen molar-refractivity contribution in [2.24, 2.45) is 4.99 Å². The van der Waals surface area contributed by atoms with Crippen LogP contribution < -0.4 is 24.4 Å². The molecule has 0 fully saturated rings. The molecule has 1 aliphatic rings. The summed E-state index contributed by atoms with van der Waals surface area (Å²) in [6.07, 6.45) is 4.69. The van der Waals surface area contributed by atoms with Crippen molar-refractivity contribution in [3.8, 4) is 28.4 Å². The van der Waals surface area contributed by atoms with E-state index in [-0.39, 0.29) is 12.2 Å². The van der Waals surface area contributed by atoms with Crippen molar-refractivity contribution < 1.29 is 19.0 Å². The monoisotopic (exact) mass is 634 g/mol. The lowest BCUT2D eigenvalue weighted by molar-refractivity contribution is -0.139. The minimum Gasteiger partial charge on any atom is -0.497 e. The molecular formula is C36H34N4O5S. The zero-order valence-corrected chi connectivity index (χ0v) is 26.9. The summed E-state index contributed by atoms with van der Waals surface area (Å²) in [4.78, 5) is 32.7. The van der Waals surface area contributed by atoms with Crippen LogP contribution in [0.2, 0.25) is 0 Å². The number of para-hydroxylation sites is 1. The molecule has 3 aromatic carbocycles. The molecule has 0 saturated carbocycles. The third-order valence-corrected chi connectivity index (χ3v) is 8.58. The lowest BCUT2D eigenvalue weighted by Crippen LogP contribution is -2.39. The van der Waals surface area contributed by atoms with Crippen LogP contribution in [0, 0.1) is 0 Å². The van der Waals surface area contributed by atoms with E-state index in [9.17, 15) is 9.59 Å². The highest BCUT2D eigenvalue weighted by atomic mass is 32.1. The van der Waals surface area contributed by atoms with E-state index >= 15 is 0 Å². The molecule has 6 rings (SSSR count). The Hall–Kier alpha value is -5.22. The zero-order valence-electron chi connectivity index (χ0n) is 26.1. The van der Waals surface area contributed by atoms with Crippen molar-refractivity contribution in [1.82, 2.24) is 14.3 Å². The van der Waals surface area contributed by atoms with Crippen molar-refractivity contribution in [3.63, 3.8) is 0 Å². The number of aromatic nitrogens is 3. The smallest absolute Gasteiger partial charge is 0.338 e. The normalized spacial score (nSPS) is 14.5. The van der Waals surface area contributed by atoms with E-state index in [1.165, 1.54) is 11.3 Å². The summed E-state index contributed by atoms with van der Waals surface area (Å²) in [5.41, 5.74) is 4.57. The second kappa shape index (κ2) is 13.4. The maximum absolute atomic E-state index is 14.3. The summed E-state index contributed by atoms with van der Waals surface area (Å²) in [7, 11) is 1.59. The third-order valence-electron chi connectivity index (χ3n) is 7.60. The molecule has 1 aliphatic heterocycles. The molecule has 0 saturated heterocycles. The Morgan fingerprint density at radius 3 is 2.37 bits per heavy atom. The van der Waals surface area contributed by atoms with Gasteiger partial charge >= 0.3 is 5.97 Å². The number of hydrogen-bond donors (Lipinski definition) is 0. The number of benzene rings is 3. The van der Waals surface area contributed by atoms with Crippen LogP contribution in [0.1, 0.15) is 44.4 Å². The summed E-state index contributed by atoms with van der Waals surface area (Å²) < 4.78 is 20.4. The van der Waals surface area contributed by atoms with Gasteiger partial charge in [-0.25, -0.2) is 14.5 Å². The number of fused-ring (bicyclic) bond motifs is 1. The average molecular weight is 635 g/mol. The van der Waals surface area contributed by atoms with Crippen LogP contribution in [-0.2, 0) is 9.53 Å². The molecule has 46 heavy (non-hydrogen) atoms. The third kappa shape index (κ3) is 6.03. The number of esters is 1. The van der Waals surface area contributed by atoms with Crippen LogP contribution in [0.5, 0.6) is 11.5 Å². The van der Waals surface area contributed by atoms with E-state index in [0.29, 0.717) is 38.7 Å². The van der Waals surface area contributed by atoms with Crippen molar-refractivity contribution in [2.45, 2.75) is 33.2 Å². The molecule has 0 spiro atoms. The molecule has 3 heterocycles. The van der Waals surface area contributed by atoms with Crippen molar-refractivity contribution >= 4 is 23.4 Å². The first kappa shape index (κ1) is 30.8. The van der Waals surface area contributed by atoms with E-state index in [2.05, 4.69) is 6.92 Å². The average Bonchev–Trinajstić information content (AvgIpc) is 3.64. The van der Waals surface area contributed by atoms with Crippen molar-refractivity contribution in [3.05, 3.63) is 127 Å². The topological polar surface area (TPSA) is 96.9 Å².